The molecule has 1 aromatic rings. The van der Waals surface area contributed by atoms with Gasteiger partial charge < -0.3 is 15.2 Å². The molecule has 2 fully saturated rings. The Kier molecular flexibility index (Phi) is 7.37. The van der Waals surface area contributed by atoms with Crippen LogP contribution in [-0.4, -0.2) is 41.0 Å². The van der Waals surface area contributed by atoms with Gasteiger partial charge in [-0.05, 0) is 36.0 Å². The van der Waals surface area contributed by atoms with Crippen molar-refractivity contribution < 1.29 is 24.2 Å². The molecule has 0 radical (unpaired) electrons. The maximum absolute atomic E-state index is 14.1. The van der Waals surface area contributed by atoms with Crippen LogP contribution in [0.2, 0.25) is 0 Å². The van der Waals surface area contributed by atoms with E-state index in [-0.39, 0.29) is 35.5 Å². The lowest BCUT2D eigenvalue weighted by atomic mass is 9.51. The molecule has 6 nitrogen and oxygen atoms in total. The van der Waals surface area contributed by atoms with Gasteiger partial charge in [0.15, 0.2) is 0 Å². The predicted octanol–water partition coefficient (Wildman–Crippen LogP) is 3.80. The highest BCUT2D eigenvalue weighted by molar-refractivity contribution is 5.89. The molecule has 1 spiro atoms. The highest BCUT2D eigenvalue weighted by Crippen LogP contribution is 2.58. The summed E-state index contributed by atoms with van der Waals surface area (Å²) >= 11 is 0. The molecule has 6 heteroatoms. The quantitative estimate of drug-likeness (QED) is 0.496. The zero-order valence-corrected chi connectivity index (χ0v) is 21.5. The first-order valence-electron chi connectivity index (χ1n) is 12.9. The monoisotopic (exact) mass is 491 g/mol. The number of esters is 1. The van der Waals surface area contributed by atoms with Crippen molar-refractivity contribution in [3.8, 4) is 0 Å². The van der Waals surface area contributed by atoms with Crippen LogP contribution < -0.4 is 5.32 Å². The molecule has 4 rings (SSSR count). The number of Topliss-reactive ketones (excluding diaryl/α,β-unsaturated/α-hetero) is 1. The number of hydrogen-bond donors (Lipinski definition) is 2. The lowest BCUT2D eigenvalue weighted by Gasteiger charge is -2.52. The molecule has 1 heterocycles. The number of rotatable bonds is 3. The number of aliphatic hydroxyl groups excluding tert-OH is 1. The van der Waals surface area contributed by atoms with Crippen LogP contribution in [0.1, 0.15) is 39.7 Å². The molecule has 1 aromatic carbocycles. The Morgan fingerprint density at radius 2 is 1.83 bits per heavy atom. The normalized spacial score (nSPS) is 40.3. The molecule has 1 saturated heterocycles. The van der Waals surface area contributed by atoms with E-state index < -0.39 is 35.4 Å². The van der Waals surface area contributed by atoms with Crippen LogP contribution in [0.15, 0.2) is 66.8 Å². The van der Waals surface area contributed by atoms with Gasteiger partial charge in [-0.25, -0.2) is 0 Å². The van der Waals surface area contributed by atoms with Gasteiger partial charge in [0.1, 0.15) is 17.3 Å². The van der Waals surface area contributed by atoms with Crippen molar-refractivity contribution in [3.05, 3.63) is 72.4 Å². The molecule has 192 valence electrons. The van der Waals surface area contributed by atoms with Crippen molar-refractivity contribution in [2.75, 3.05) is 0 Å². The number of benzene rings is 1. The third-order valence-electron chi connectivity index (χ3n) is 8.49. The third kappa shape index (κ3) is 4.36. The summed E-state index contributed by atoms with van der Waals surface area (Å²) in [5, 5.41) is 14.7. The Labute approximate surface area is 213 Å². The maximum atomic E-state index is 14.1. The van der Waals surface area contributed by atoms with Crippen LogP contribution in [0.25, 0.3) is 0 Å². The van der Waals surface area contributed by atoms with E-state index in [4.69, 9.17) is 4.74 Å². The number of amides is 1. The van der Waals surface area contributed by atoms with Gasteiger partial charge >= 0.3 is 5.97 Å². The second kappa shape index (κ2) is 10.2. The van der Waals surface area contributed by atoms with Gasteiger partial charge in [-0.2, -0.15) is 0 Å². The van der Waals surface area contributed by atoms with Gasteiger partial charge in [-0.1, -0.05) is 75.9 Å². The summed E-state index contributed by atoms with van der Waals surface area (Å²) in [5.74, 6) is -2.49. The summed E-state index contributed by atoms with van der Waals surface area (Å²) in [6, 6.07) is 9.71. The fraction of sp³-hybridized carbons (Fsp3) is 0.500. The molecule has 0 unspecified atom stereocenters. The highest BCUT2D eigenvalue weighted by Gasteiger charge is 2.68. The number of ether oxygens (including phenoxy) is 1. The molecule has 0 bridgehead atoms. The number of carbonyl (C=O) groups is 3. The van der Waals surface area contributed by atoms with Crippen LogP contribution in [-0.2, 0) is 25.5 Å². The lowest BCUT2D eigenvalue weighted by molar-refractivity contribution is -0.166. The first-order valence-corrected chi connectivity index (χ1v) is 12.9. The summed E-state index contributed by atoms with van der Waals surface area (Å²) in [6.07, 6.45) is 6.34. The van der Waals surface area contributed by atoms with Gasteiger partial charge in [0.2, 0.25) is 5.91 Å². The molecule has 2 N–H and O–H groups in total. The van der Waals surface area contributed by atoms with Gasteiger partial charge in [-0.3, -0.25) is 14.4 Å². The van der Waals surface area contributed by atoms with Crippen molar-refractivity contribution in [2.24, 2.45) is 35.0 Å². The first kappa shape index (κ1) is 26.1. The van der Waals surface area contributed by atoms with Crippen LogP contribution in [0.5, 0.6) is 0 Å². The zero-order valence-electron chi connectivity index (χ0n) is 21.5. The maximum Gasteiger partial charge on any atom is 0.303 e. The van der Waals surface area contributed by atoms with Crippen molar-refractivity contribution >= 4 is 17.7 Å². The minimum absolute atomic E-state index is 0.0764. The first-order chi connectivity index (χ1) is 17.1. The summed E-state index contributed by atoms with van der Waals surface area (Å²) in [5.41, 5.74) is 0.493. The average Bonchev–Trinajstić information content (AvgIpc) is 3.13. The highest BCUT2D eigenvalue weighted by atomic mass is 16.5. The van der Waals surface area contributed by atoms with Gasteiger partial charge in [0.05, 0.1) is 6.10 Å². The Bertz CT molecular complexity index is 1090. The van der Waals surface area contributed by atoms with E-state index in [9.17, 15) is 19.5 Å². The summed E-state index contributed by atoms with van der Waals surface area (Å²) in [6.45, 7) is 11.2. The number of allylic oxidation sites excluding steroid dienone is 2. The molecule has 1 saturated carbocycles. The Balaban J connectivity index is 1.92. The van der Waals surface area contributed by atoms with E-state index in [0.29, 0.717) is 18.4 Å². The number of nitrogens with one attached hydrogen (secondary N) is 1. The predicted molar refractivity (Wildman–Crippen MR) is 138 cm³/mol. The van der Waals surface area contributed by atoms with Crippen LogP contribution >= 0.6 is 0 Å². The zero-order chi connectivity index (χ0) is 26.2. The van der Waals surface area contributed by atoms with Crippen LogP contribution in [0, 0.1) is 35.0 Å². The van der Waals surface area contributed by atoms with Crippen molar-refractivity contribution in [1.29, 1.82) is 0 Å². The third-order valence-corrected chi connectivity index (χ3v) is 8.49. The molecule has 2 aliphatic carbocycles. The minimum atomic E-state index is -1.26. The van der Waals surface area contributed by atoms with Crippen molar-refractivity contribution in [2.45, 2.75) is 58.8 Å². The molecule has 9 atom stereocenters. The topological polar surface area (TPSA) is 92.7 Å². The Hall–Kier alpha value is -2.99. The van der Waals surface area contributed by atoms with E-state index in [1.54, 1.807) is 12.2 Å². The molecule has 1 aliphatic heterocycles. The van der Waals surface area contributed by atoms with E-state index >= 15 is 0 Å². The van der Waals surface area contributed by atoms with E-state index in [2.05, 4.69) is 11.9 Å². The fourth-order valence-corrected chi connectivity index (χ4v) is 6.65. The number of carbonyl (C=O) groups excluding carboxylic acids is 3. The number of ketones is 1. The molecular formula is C30H37NO5. The van der Waals surface area contributed by atoms with Crippen LogP contribution in [0.3, 0.4) is 0 Å². The summed E-state index contributed by atoms with van der Waals surface area (Å²) < 4.78 is 5.88. The van der Waals surface area contributed by atoms with Crippen molar-refractivity contribution in [1.82, 2.24) is 5.32 Å². The summed E-state index contributed by atoms with van der Waals surface area (Å²) in [4.78, 5) is 39.4. The van der Waals surface area contributed by atoms with Crippen molar-refractivity contribution in [3.63, 3.8) is 0 Å². The Morgan fingerprint density at radius 3 is 2.50 bits per heavy atom. The van der Waals surface area contributed by atoms with E-state index in [0.717, 1.165) is 5.56 Å². The second-order valence-corrected chi connectivity index (χ2v) is 10.7. The molecule has 0 aromatic heterocycles. The SMILES string of the molecule is C=C1[C@@H](C)[C@H]2[C@H](Cc3ccccc3)NC(=O)[C@]23[C@@H](OC(C)=O)/C=C/[C@H](C)C(=O)[C@@H](C)C/C=C/[C@H]3[C@@H]1O. The second-order valence-electron chi connectivity index (χ2n) is 10.7. The minimum Gasteiger partial charge on any atom is -0.457 e. The number of aliphatic hydroxyl groups is 1. The van der Waals surface area contributed by atoms with Crippen LogP contribution in [0.4, 0.5) is 0 Å². The average molecular weight is 492 g/mol. The van der Waals surface area contributed by atoms with Gasteiger partial charge in [0.25, 0.3) is 0 Å². The lowest BCUT2D eigenvalue weighted by Crippen LogP contribution is -2.60. The molecular weight excluding hydrogens is 454 g/mol. The van der Waals surface area contributed by atoms with Gasteiger partial charge in [-0.15, -0.1) is 0 Å². The molecule has 36 heavy (non-hydrogen) atoms. The Morgan fingerprint density at radius 1 is 1.14 bits per heavy atom. The number of hydrogen-bond acceptors (Lipinski definition) is 5. The van der Waals surface area contributed by atoms with Gasteiger partial charge in [0, 0.05) is 36.6 Å². The molecule has 3 aliphatic rings. The van der Waals surface area contributed by atoms with E-state index in [1.165, 1.54) is 6.92 Å². The standard InChI is InChI=1S/C30H37NO5/c1-17-10-9-13-23-28(34)20(4)19(3)26-24(16-22-11-7-6-8-12-22)31-29(35)30(23,26)25(36-21(5)32)15-14-18(2)27(17)33/h6-9,11-15,17-19,23-26,28,34H,4,10,16H2,1-3,5H3,(H,31,35)/b13-9+,15-14+/t17-,18-,19+,23-,24-,25-,26-,28+,30+/m0/s1. The van der Waals surface area contributed by atoms with E-state index in [1.807, 2.05) is 63.3 Å². The largest absolute Gasteiger partial charge is 0.457 e. The smallest absolute Gasteiger partial charge is 0.303 e. The molecule has 1 amide bonds. The summed E-state index contributed by atoms with van der Waals surface area (Å²) in [7, 11) is 0. The fourth-order valence-electron chi connectivity index (χ4n) is 6.65.